The Bertz CT molecular complexity index is 701. The Labute approximate surface area is 119 Å². The quantitative estimate of drug-likeness (QED) is 0.866. The summed E-state index contributed by atoms with van der Waals surface area (Å²) in [6.45, 7) is 7.71. The van der Waals surface area contributed by atoms with Crippen LogP contribution in [-0.4, -0.2) is 28.4 Å². The maximum absolute atomic E-state index is 12.0. The van der Waals surface area contributed by atoms with E-state index in [9.17, 15) is 8.42 Å². The van der Waals surface area contributed by atoms with Crippen molar-refractivity contribution in [2.45, 2.75) is 44.4 Å². The first-order valence-electron chi connectivity index (χ1n) is 6.51. The molecule has 0 aliphatic rings. The number of sulfone groups is 1. The first-order valence-corrected chi connectivity index (χ1v) is 8.06. The van der Waals surface area contributed by atoms with Crippen LogP contribution in [0.3, 0.4) is 0 Å². The molecule has 0 spiro atoms. The predicted octanol–water partition coefficient (Wildman–Crippen LogP) is 2.13. The number of nitrogens with zero attached hydrogens (tertiary/aromatic N) is 3. The molecule has 0 fully saturated rings. The second-order valence-electron chi connectivity index (χ2n) is 5.10. The van der Waals surface area contributed by atoms with E-state index in [2.05, 4.69) is 10.1 Å². The Morgan fingerprint density at radius 1 is 1.15 bits per heavy atom. The molecule has 6 heteroatoms. The average Bonchev–Trinajstić information content (AvgIpc) is 2.68. The summed E-state index contributed by atoms with van der Waals surface area (Å²) in [5.74, 6) is 1.59. The largest absolute Gasteiger partial charge is 0.246 e. The van der Waals surface area contributed by atoms with Gasteiger partial charge in [0.15, 0.2) is 9.84 Å². The SMILES string of the molecule is Cc1nc(C)n(Cc2ccc(S(=O)(=O)C(C)C)cc2)n1. The molecular weight excluding hydrogens is 274 g/mol. The van der Waals surface area contributed by atoms with Crippen LogP contribution in [0.15, 0.2) is 29.2 Å². The van der Waals surface area contributed by atoms with Crippen molar-refractivity contribution in [1.82, 2.24) is 14.8 Å². The van der Waals surface area contributed by atoms with Crippen LogP contribution in [0.5, 0.6) is 0 Å². The van der Waals surface area contributed by atoms with Crippen molar-refractivity contribution >= 4 is 9.84 Å². The lowest BCUT2D eigenvalue weighted by Gasteiger charge is -2.09. The highest BCUT2D eigenvalue weighted by Crippen LogP contribution is 2.17. The van der Waals surface area contributed by atoms with Gasteiger partial charge >= 0.3 is 0 Å². The first-order chi connectivity index (χ1) is 9.30. The zero-order chi connectivity index (χ0) is 14.9. The Morgan fingerprint density at radius 2 is 1.75 bits per heavy atom. The van der Waals surface area contributed by atoms with Gasteiger partial charge in [0.05, 0.1) is 16.7 Å². The van der Waals surface area contributed by atoms with Gasteiger partial charge in [0, 0.05) is 0 Å². The second-order valence-corrected chi connectivity index (χ2v) is 7.61. The van der Waals surface area contributed by atoms with E-state index in [1.807, 2.05) is 26.0 Å². The summed E-state index contributed by atoms with van der Waals surface area (Å²) in [6, 6.07) is 6.96. The van der Waals surface area contributed by atoms with Crippen molar-refractivity contribution in [2.75, 3.05) is 0 Å². The van der Waals surface area contributed by atoms with Gasteiger partial charge in [-0.2, -0.15) is 5.10 Å². The molecule has 20 heavy (non-hydrogen) atoms. The van der Waals surface area contributed by atoms with Crippen molar-refractivity contribution in [3.8, 4) is 0 Å². The monoisotopic (exact) mass is 293 g/mol. The van der Waals surface area contributed by atoms with Gasteiger partial charge in [0.1, 0.15) is 11.6 Å². The third-order valence-electron chi connectivity index (χ3n) is 3.17. The molecule has 1 aromatic carbocycles. The van der Waals surface area contributed by atoms with E-state index in [4.69, 9.17) is 0 Å². The number of aryl methyl sites for hydroxylation is 2. The maximum Gasteiger partial charge on any atom is 0.180 e. The van der Waals surface area contributed by atoms with Crippen molar-refractivity contribution < 1.29 is 8.42 Å². The second kappa shape index (κ2) is 5.36. The lowest BCUT2D eigenvalue weighted by molar-refractivity contribution is 0.587. The number of rotatable bonds is 4. The van der Waals surface area contributed by atoms with Gasteiger partial charge in [-0.1, -0.05) is 12.1 Å². The van der Waals surface area contributed by atoms with Crippen LogP contribution in [0.2, 0.25) is 0 Å². The molecule has 0 saturated carbocycles. The number of hydrogen-bond donors (Lipinski definition) is 0. The fraction of sp³-hybridized carbons (Fsp3) is 0.429. The zero-order valence-electron chi connectivity index (χ0n) is 12.2. The highest BCUT2D eigenvalue weighted by Gasteiger charge is 2.18. The van der Waals surface area contributed by atoms with Crippen LogP contribution in [0.25, 0.3) is 0 Å². The molecule has 0 saturated heterocycles. The van der Waals surface area contributed by atoms with Crippen molar-refractivity contribution in [3.05, 3.63) is 41.5 Å². The topological polar surface area (TPSA) is 64.8 Å². The van der Waals surface area contributed by atoms with Gasteiger partial charge in [-0.05, 0) is 45.4 Å². The molecule has 5 nitrogen and oxygen atoms in total. The highest BCUT2D eigenvalue weighted by atomic mass is 32.2. The molecule has 0 aliphatic carbocycles. The maximum atomic E-state index is 12.0. The summed E-state index contributed by atoms with van der Waals surface area (Å²) in [5, 5.41) is 3.88. The Hall–Kier alpha value is -1.69. The van der Waals surface area contributed by atoms with E-state index in [0.29, 0.717) is 11.4 Å². The molecule has 0 bridgehead atoms. The molecular formula is C14H19N3O2S. The molecule has 2 rings (SSSR count). The minimum absolute atomic E-state index is 0.364. The number of benzene rings is 1. The van der Waals surface area contributed by atoms with Gasteiger partial charge in [-0.15, -0.1) is 0 Å². The Morgan fingerprint density at radius 3 is 2.20 bits per heavy atom. The summed E-state index contributed by atoms with van der Waals surface area (Å²) in [4.78, 5) is 4.61. The van der Waals surface area contributed by atoms with Crippen LogP contribution in [0.1, 0.15) is 31.1 Å². The molecule has 1 aromatic heterocycles. The van der Waals surface area contributed by atoms with E-state index >= 15 is 0 Å². The smallest absolute Gasteiger partial charge is 0.180 e. The Kier molecular flexibility index (Phi) is 3.94. The third kappa shape index (κ3) is 2.90. The molecule has 0 radical (unpaired) electrons. The molecule has 108 valence electrons. The Balaban J connectivity index is 2.23. The van der Waals surface area contributed by atoms with Crippen molar-refractivity contribution in [3.63, 3.8) is 0 Å². The van der Waals surface area contributed by atoms with Crippen LogP contribution in [-0.2, 0) is 16.4 Å². The van der Waals surface area contributed by atoms with Gasteiger partial charge in [-0.25, -0.2) is 18.1 Å². The zero-order valence-corrected chi connectivity index (χ0v) is 13.0. The van der Waals surface area contributed by atoms with Gasteiger partial charge < -0.3 is 0 Å². The third-order valence-corrected chi connectivity index (χ3v) is 5.34. The van der Waals surface area contributed by atoms with E-state index in [1.54, 1.807) is 30.7 Å². The lowest BCUT2D eigenvalue weighted by Crippen LogP contribution is -2.14. The number of aromatic nitrogens is 3. The summed E-state index contributed by atoms with van der Waals surface area (Å²) in [5.41, 5.74) is 1.00. The standard InChI is InChI=1S/C14H19N3O2S/c1-10(2)20(18,19)14-7-5-13(6-8-14)9-17-12(4)15-11(3)16-17/h5-8,10H,9H2,1-4H3. The molecule has 0 N–H and O–H groups in total. The van der Waals surface area contributed by atoms with Crippen molar-refractivity contribution in [2.24, 2.45) is 0 Å². The van der Waals surface area contributed by atoms with Crippen molar-refractivity contribution in [1.29, 1.82) is 0 Å². The van der Waals surface area contributed by atoms with E-state index in [1.165, 1.54) is 0 Å². The van der Waals surface area contributed by atoms with E-state index in [0.717, 1.165) is 17.2 Å². The van der Waals surface area contributed by atoms with Crippen LogP contribution < -0.4 is 0 Å². The predicted molar refractivity (Wildman–Crippen MR) is 77.4 cm³/mol. The highest BCUT2D eigenvalue weighted by molar-refractivity contribution is 7.92. The summed E-state index contributed by atoms with van der Waals surface area (Å²) in [6.07, 6.45) is 0. The van der Waals surface area contributed by atoms with Gasteiger partial charge in [0.25, 0.3) is 0 Å². The fourth-order valence-corrected chi connectivity index (χ4v) is 3.00. The lowest BCUT2D eigenvalue weighted by atomic mass is 10.2. The molecule has 0 amide bonds. The molecule has 0 unspecified atom stereocenters. The molecule has 2 aromatic rings. The van der Waals surface area contributed by atoms with E-state index in [-0.39, 0.29) is 0 Å². The fourth-order valence-electron chi connectivity index (χ4n) is 1.94. The summed E-state index contributed by atoms with van der Waals surface area (Å²) in [7, 11) is -3.21. The minimum atomic E-state index is -3.21. The first kappa shape index (κ1) is 14.7. The molecule has 0 aliphatic heterocycles. The normalized spacial score (nSPS) is 12.1. The van der Waals surface area contributed by atoms with Crippen LogP contribution in [0, 0.1) is 13.8 Å². The van der Waals surface area contributed by atoms with Crippen LogP contribution in [0.4, 0.5) is 0 Å². The van der Waals surface area contributed by atoms with Gasteiger partial charge in [-0.3, -0.25) is 0 Å². The summed E-state index contributed by atoms with van der Waals surface area (Å²) >= 11 is 0. The number of hydrogen-bond acceptors (Lipinski definition) is 4. The average molecular weight is 293 g/mol. The molecule has 1 heterocycles. The van der Waals surface area contributed by atoms with E-state index < -0.39 is 15.1 Å². The summed E-state index contributed by atoms with van der Waals surface area (Å²) < 4.78 is 25.9. The minimum Gasteiger partial charge on any atom is -0.246 e. The van der Waals surface area contributed by atoms with Gasteiger partial charge in [0.2, 0.25) is 0 Å². The van der Waals surface area contributed by atoms with Crippen LogP contribution >= 0.6 is 0 Å². The molecule has 0 atom stereocenters.